The van der Waals surface area contributed by atoms with E-state index < -0.39 is 5.67 Å². The molecule has 0 heterocycles. The van der Waals surface area contributed by atoms with Crippen molar-refractivity contribution in [2.24, 2.45) is 11.1 Å². The van der Waals surface area contributed by atoms with Crippen molar-refractivity contribution in [3.05, 3.63) is 0 Å². The van der Waals surface area contributed by atoms with Crippen LogP contribution in [0.5, 0.6) is 0 Å². The molecule has 0 spiro atoms. The summed E-state index contributed by atoms with van der Waals surface area (Å²) in [5.41, 5.74) is 4.10. The van der Waals surface area contributed by atoms with E-state index in [9.17, 15) is 9.18 Å². The van der Waals surface area contributed by atoms with Gasteiger partial charge >= 0.3 is 0 Å². The van der Waals surface area contributed by atoms with Gasteiger partial charge in [-0.25, -0.2) is 4.39 Å². The summed E-state index contributed by atoms with van der Waals surface area (Å²) in [4.78, 5) is 10.4. The van der Waals surface area contributed by atoms with E-state index in [-0.39, 0.29) is 11.3 Å². The van der Waals surface area contributed by atoms with Crippen molar-refractivity contribution in [1.82, 2.24) is 0 Å². The summed E-state index contributed by atoms with van der Waals surface area (Å²) in [5, 5.41) is 0. The molecule has 0 saturated heterocycles. The molecule has 0 aliphatic heterocycles. The number of hydrogen-bond acceptors (Lipinski definition) is 1. The number of halogens is 1. The van der Waals surface area contributed by atoms with E-state index in [1.54, 1.807) is 0 Å². The van der Waals surface area contributed by atoms with E-state index in [0.29, 0.717) is 25.7 Å². The summed E-state index contributed by atoms with van der Waals surface area (Å²) < 4.78 is 12.8. The Morgan fingerprint density at radius 2 is 2.00 bits per heavy atom. The Kier molecular flexibility index (Phi) is 0.833. The van der Waals surface area contributed by atoms with Gasteiger partial charge in [0, 0.05) is 6.42 Å². The first-order valence-electron chi connectivity index (χ1n) is 3.51. The molecule has 1 amide bonds. The Hall–Kier alpha value is -0.600. The smallest absolute Gasteiger partial charge is 0.217 e. The molecule has 0 unspecified atom stereocenters. The lowest BCUT2D eigenvalue weighted by Crippen LogP contribution is -2.65. The number of nitrogens with two attached hydrogens (primary N) is 1. The average molecular weight is 143 g/mol. The summed E-state index contributed by atoms with van der Waals surface area (Å²) in [7, 11) is 0. The van der Waals surface area contributed by atoms with Crippen LogP contribution in [0.3, 0.4) is 0 Å². The fourth-order valence-corrected chi connectivity index (χ4v) is 2.42. The summed E-state index contributed by atoms with van der Waals surface area (Å²) >= 11 is 0. The van der Waals surface area contributed by atoms with Gasteiger partial charge in [-0.1, -0.05) is 0 Å². The lowest BCUT2D eigenvalue weighted by Gasteiger charge is -2.65. The van der Waals surface area contributed by atoms with Gasteiger partial charge < -0.3 is 5.73 Å². The molecule has 2 bridgehead atoms. The van der Waals surface area contributed by atoms with Crippen molar-refractivity contribution < 1.29 is 9.18 Å². The van der Waals surface area contributed by atoms with Gasteiger partial charge in [-0.2, -0.15) is 0 Å². The average Bonchev–Trinajstić information content (AvgIpc) is 1.56. The predicted molar refractivity (Wildman–Crippen MR) is 33.9 cm³/mol. The Bertz CT molecular complexity index is 182. The third kappa shape index (κ3) is 0.604. The topological polar surface area (TPSA) is 43.1 Å². The molecule has 3 heteroatoms. The van der Waals surface area contributed by atoms with Crippen LogP contribution in [0, 0.1) is 5.41 Å². The second-order valence-corrected chi connectivity index (χ2v) is 3.82. The molecule has 0 atom stereocenters. The standard InChI is InChI=1S/C7H10FNO/c8-7-2-6(3-7,4-7)1-5(9)10/h1-4H2,(H2,9,10). The number of carbonyl (C=O) groups excluding carboxylic acids is 1. The van der Waals surface area contributed by atoms with Gasteiger partial charge in [0.15, 0.2) is 0 Å². The molecule has 0 aromatic heterocycles. The van der Waals surface area contributed by atoms with E-state index in [2.05, 4.69) is 0 Å². The van der Waals surface area contributed by atoms with Crippen molar-refractivity contribution in [1.29, 1.82) is 0 Å². The van der Waals surface area contributed by atoms with Crippen molar-refractivity contribution in [2.75, 3.05) is 0 Å². The molecule has 3 aliphatic carbocycles. The van der Waals surface area contributed by atoms with Gasteiger partial charge in [0.2, 0.25) is 5.91 Å². The maximum absolute atomic E-state index is 12.8. The van der Waals surface area contributed by atoms with Crippen molar-refractivity contribution in [3.8, 4) is 0 Å². The minimum absolute atomic E-state index is 0.000579. The highest BCUT2D eigenvalue weighted by Gasteiger charge is 2.69. The first-order chi connectivity index (χ1) is 4.54. The summed E-state index contributed by atoms with van der Waals surface area (Å²) in [5.74, 6) is -0.290. The van der Waals surface area contributed by atoms with E-state index >= 15 is 0 Å². The normalized spacial score (nSPS) is 49.3. The first kappa shape index (κ1) is 6.13. The molecule has 2 nitrogen and oxygen atoms in total. The summed E-state index contributed by atoms with van der Waals surface area (Å²) in [6, 6.07) is 0. The minimum atomic E-state index is -0.893. The zero-order valence-electron chi connectivity index (χ0n) is 5.69. The molecule has 10 heavy (non-hydrogen) atoms. The Morgan fingerprint density at radius 1 is 1.50 bits per heavy atom. The fourth-order valence-electron chi connectivity index (χ4n) is 2.42. The molecule has 2 N–H and O–H groups in total. The predicted octanol–water partition coefficient (Wildman–Crippen LogP) is 0.754. The maximum Gasteiger partial charge on any atom is 0.217 e. The molecule has 0 aromatic carbocycles. The van der Waals surface area contributed by atoms with Crippen LogP contribution in [0.4, 0.5) is 4.39 Å². The third-order valence-corrected chi connectivity index (χ3v) is 2.62. The van der Waals surface area contributed by atoms with Crippen LogP contribution < -0.4 is 5.73 Å². The highest BCUT2D eigenvalue weighted by Crippen LogP contribution is 2.70. The Balaban J connectivity index is 1.93. The van der Waals surface area contributed by atoms with Gasteiger partial charge in [0.25, 0.3) is 0 Å². The van der Waals surface area contributed by atoms with Crippen molar-refractivity contribution in [3.63, 3.8) is 0 Å². The monoisotopic (exact) mass is 143 g/mol. The lowest BCUT2D eigenvalue weighted by molar-refractivity contribution is -0.215. The summed E-state index contributed by atoms with van der Waals surface area (Å²) in [6.07, 6.45) is 2.10. The number of carbonyl (C=O) groups is 1. The third-order valence-electron chi connectivity index (χ3n) is 2.62. The van der Waals surface area contributed by atoms with E-state index in [1.165, 1.54) is 0 Å². The second-order valence-electron chi connectivity index (χ2n) is 3.82. The van der Waals surface area contributed by atoms with Crippen LogP contribution in [-0.4, -0.2) is 11.6 Å². The molecule has 0 radical (unpaired) electrons. The van der Waals surface area contributed by atoms with Crippen LogP contribution in [0.1, 0.15) is 25.7 Å². The molecule has 3 rings (SSSR count). The Morgan fingerprint density at radius 3 is 2.30 bits per heavy atom. The minimum Gasteiger partial charge on any atom is -0.370 e. The van der Waals surface area contributed by atoms with Crippen LogP contribution in [0.2, 0.25) is 0 Å². The lowest BCUT2D eigenvalue weighted by atomic mass is 9.41. The molecule has 0 aromatic rings. The number of alkyl halides is 1. The number of rotatable bonds is 2. The van der Waals surface area contributed by atoms with E-state index in [1.807, 2.05) is 0 Å². The van der Waals surface area contributed by atoms with E-state index in [0.717, 1.165) is 0 Å². The van der Waals surface area contributed by atoms with Gasteiger partial charge in [0.05, 0.1) is 0 Å². The zero-order chi connectivity index (χ0) is 7.41. The van der Waals surface area contributed by atoms with Crippen molar-refractivity contribution in [2.45, 2.75) is 31.4 Å². The zero-order valence-corrected chi connectivity index (χ0v) is 5.69. The van der Waals surface area contributed by atoms with Crippen LogP contribution >= 0.6 is 0 Å². The maximum atomic E-state index is 12.8. The van der Waals surface area contributed by atoms with Gasteiger partial charge in [-0.15, -0.1) is 0 Å². The fraction of sp³-hybridized carbons (Fsp3) is 0.857. The van der Waals surface area contributed by atoms with Gasteiger partial charge in [-0.05, 0) is 24.7 Å². The van der Waals surface area contributed by atoms with Crippen molar-refractivity contribution >= 4 is 5.91 Å². The highest BCUT2D eigenvalue weighted by atomic mass is 19.1. The van der Waals surface area contributed by atoms with Crippen LogP contribution in [0.25, 0.3) is 0 Å². The van der Waals surface area contributed by atoms with E-state index in [4.69, 9.17) is 5.73 Å². The highest BCUT2D eigenvalue weighted by molar-refractivity contribution is 5.75. The van der Waals surface area contributed by atoms with Gasteiger partial charge in [-0.3, -0.25) is 4.79 Å². The summed E-state index contributed by atoms with van der Waals surface area (Å²) in [6.45, 7) is 0. The molecule has 3 aliphatic rings. The second kappa shape index (κ2) is 1.36. The van der Waals surface area contributed by atoms with Crippen LogP contribution in [-0.2, 0) is 4.79 Å². The van der Waals surface area contributed by atoms with Gasteiger partial charge in [0.1, 0.15) is 5.67 Å². The first-order valence-corrected chi connectivity index (χ1v) is 3.51. The number of hydrogen-bond donors (Lipinski definition) is 1. The number of primary amides is 1. The molecular formula is C7H10FNO. The van der Waals surface area contributed by atoms with Crippen LogP contribution in [0.15, 0.2) is 0 Å². The SMILES string of the molecule is NC(=O)CC12CC(F)(C1)C2. The largest absolute Gasteiger partial charge is 0.370 e. The Labute approximate surface area is 58.6 Å². The molecule has 56 valence electrons. The molecule has 3 saturated carbocycles. The molecule has 3 fully saturated rings. The number of amides is 1. The quantitative estimate of drug-likeness (QED) is 0.609. The molecular weight excluding hydrogens is 133 g/mol.